The highest BCUT2D eigenvalue weighted by atomic mass is 19.1. The Bertz CT molecular complexity index is 679. The SMILES string of the molecule is CC(CF)N1C(=O)Cc2cc(NC(=O)C3CNC(=O)O3)ccc21. The number of carbonyl (C=O) groups excluding carboxylic acids is 3. The maximum Gasteiger partial charge on any atom is 0.408 e. The highest BCUT2D eigenvalue weighted by Gasteiger charge is 2.32. The number of amides is 3. The van der Waals surface area contributed by atoms with E-state index in [0.717, 1.165) is 5.56 Å². The summed E-state index contributed by atoms with van der Waals surface area (Å²) < 4.78 is 17.7. The monoisotopic (exact) mass is 321 g/mol. The van der Waals surface area contributed by atoms with Crippen LogP contribution in [0.3, 0.4) is 0 Å². The second kappa shape index (κ2) is 5.86. The van der Waals surface area contributed by atoms with Crippen molar-refractivity contribution < 1.29 is 23.5 Å². The number of anilines is 2. The minimum absolute atomic E-state index is 0.121. The predicted octanol–water partition coefficient (Wildman–Crippen LogP) is 0.981. The van der Waals surface area contributed by atoms with Gasteiger partial charge in [-0.15, -0.1) is 0 Å². The molecule has 3 amide bonds. The lowest BCUT2D eigenvalue weighted by atomic mass is 10.1. The van der Waals surface area contributed by atoms with Gasteiger partial charge in [0.05, 0.1) is 19.0 Å². The number of alkyl halides is 1. The van der Waals surface area contributed by atoms with Gasteiger partial charge in [0, 0.05) is 11.4 Å². The lowest BCUT2D eigenvalue weighted by Crippen LogP contribution is -2.37. The van der Waals surface area contributed by atoms with E-state index in [1.165, 1.54) is 4.90 Å². The van der Waals surface area contributed by atoms with Crippen LogP contribution in [0.15, 0.2) is 18.2 Å². The number of benzene rings is 1. The molecule has 2 heterocycles. The molecule has 2 aliphatic heterocycles. The number of nitrogens with one attached hydrogen (secondary N) is 2. The van der Waals surface area contributed by atoms with Crippen molar-refractivity contribution in [3.8, 4) is 0 Å². The number of alkyl carbamates (subject to hydrolysis) is 1. The molecule has 0 spiro atoms. The van der Waals surface area contributed by atoms with E-state index in [-0.39, 0.29) is 18.9 Å². The Balaban J connectivity index is 1.75. The Kier molecular flexibility index (Phi) is 3.89. The standard InChI is InChI=1S/C15H16FN3O4/c1-8(6-16)19-11-3-2-10(4-9(11)5-13(19)20)18-14(21)12-7-17-15(22)23-12/h2-4,8,12H,5-7H2,1H3,(H,17,22)(H,18,21). The highest BCUT2D eigenvalue weighted by molar-refractivity contribution is 6.03. The van der Waals surface area contributed by atoms with E-state index in [1.54, 1.807) is 25.1 Å². The Morgan fingerprint density at radius 1 is 1.52 bits per heavy atom. The zero-order valence-electron chi connectivity index (χ0n) is 12.5. The first-order chi connectivity index (χ1) is 11.0. The summed E-state index contributed by atoms with van der Waals surface area (Å²) >= 11 is 0. The van der Waals surface area contributed by atoms with Crippen LogP contribution in [0.5, 0.6) is 0 Å². The van der Waals surface area contributed by atoms with Crippen molar-refractivity contribution in [3.63, 3.8) is 0 Å². The molecule has 122 valence electrons. The fourth-order valence-electron chi connectivity index (χ4n) is 2.73. The second-order valence-electron chi connectivity index (χ2n) is 5.55. The molecule has 0 bridgehead atoms. The highest BCUT2D eigenvalue weighted by Crippen LogP contribution is 2.33. The number of hydrogen-bond acceptors (Lipinski definition) is 4. The van der Waals surface area contributed by atoms with Crippen LogP contribution < -0.4 is 15.5 Å². The van der Waals surface area contributed by atoms with Crippen molar-refractivity contribution >= 4 is 29.3 Å². The smallest absolute Gasteiger partial charge is 0.408 e. The predicted molar refractivity (Wildman–Crippen MR) is 80.0 cm³/mol. The molecule has 0 aliphatic carbocycles. The number of hydrogen-bond donors (Lipinski definition) is 2. The molecule has 1 aromatic rings. The number of cyclic esters (lactones) is 1. The normalized spacial score (nSPS) is 20.8. The molecule has 2 aliphatic rings. The maximum absolute atomic E-state index is 12.9. The average molecular weight is 321 g/mol. The first-order valence-electron chi connectivity index (χ1n) is 7.26. The number of fused-ring (bicyclic) bond motifs is 1. The Labute approximate surface area is 131 Å². The first-order valence-corrected chi connectivity index (χ1v) is 7.26. The lowest BCUT2D eigenvalue weighted by molar-refractivity contribution is -0.122. The average Bonchev–Trinajstić information content (AvgIpc) is 3.09. The first kappa shape index (κ1) is 15.3. The molecule has 1 saturated heterocycles. The van der Waals surface area contributed by atoms with Crippen LogP contribution in [0.1, 0.15) is 12.5 Å². The topological polar surface area (TPSA) is 87.7 Å². The fraction of sp³-hybridized carbons (Fsp3) is 0.400. The summed E-state index contributed by atoms with van der Waals surface area (Å²) in [6.45, 7) is 1.14. The summed E-state index contributed by atoms with van der Waals surface area (Å²) in [5, 5.41) is 5.05. The van der Waals surface area contributed by atoms with Gasteiger partial charge < -0.3 is 20.3 Å². The molecule has 23 heavy (non-hydrogen) atoms. The Hall–Kier alpha value is -2.64. The molecule has 1 fully saturated rings. The van der Waals surface area contributed by atoms with Crippen molar-refractivity contribution in [1.82, 2.24) is 5.32 Å². The molecule has 7 nitrogen and oxygen atoms in total. The van der Waals surface area contributed by atoms with E-state index in [2.05, 4.69) is 10.6 Å². The molecule has 0 saturated carbocycles. The molecule has 1 aromatic carbocycles. The Morgan fingerprint density at radius 3 is 2.96 bits per heavy atom. The van der Waals surface area contributed by atoms with Crippen molar-refractivity contribution in [2.24, 2.45) is 0 Å². The van der Waals surface area contributed by atoms with E-state index < -0.39 is 30.8 Å². The summed E-state index contributed by atoms with van der Waals surface area (Å²) in [5.74, 6) is -0.607. The van der Waals surface area contributed by atoms with E-state index in [0.29, 0.717) is 11.4 Å². The number of halogens is 1. The molecular weight excluding hydrogens is 305 g/mol. The van der Waals surface area contributed by atoms with Gasteiger partial charge in [0.1, 0.15) is 6.67 Å². The van der Waals surface area contributed by atoms with Crippen molar-refractivity contribution in [2.75, 3.05) is 23.4 Å². The zero-order chi connectivity index (χ0) is 16.6. The van der Waals surface area contributed by atoms with E-state index in [1.807, 2.05) is 0 Å². The van der Waals surface area contributed by atoms with Gasteiger partial charge in [-0.05, 0) is 30.7 Å². The molecule has 0 radical (unpaired) electrons. The van der Waals surface area contributed by atoms with Crippen LogP contribution in [0.25, 0.3) is 0 Å². The van der Waals surface area contributed by atoms with E-state index in [9.17, 15) is 18.8 Å². The summed E-state index contributed by atoms with van der Waals surface area (Å²) in [6.07, 6.45) is -1.33. The van der Waals surface area contributed by atoms with Crippen LogP contribution in [-0.4, -0.2) is 43.3 Å². The summed E-state index contributed by atoms with van der Waals surface area (Å²) in [7, 11) is 0. The van der Waals surface area contributed by atoms with Gasteiger partial charge in [-0.25, -0.2) is 9.18 Å². The van der Waals surface area contributed by atoms with Gasteiger partial charge in [-0.1, -0.05) is 0 Å². The van der Waals surface area contributed by atoms with Gasteiger partial charge in [0.15, 0.2) is 6.10 Å². The van der Waals surface area contributed by atoms with Crippen LogP contribution in [-0.2, 0) is 20.7 Å². The number of nitrogens with zero attached hydrogens (tertiary/aromatic N) is 1. The van der Waals surface area contributed by atoms with Crippen LogP contribution in [0.4, 0.5) is 20.6 Å². The number of ether oxygens (including phenoxy) is 1. The molecule has 2 unspecified atom stereocenters. The molecule has 8 heteroatoms. The van der Waals surface area contributed by atoms with Crippen molar-refractivity contribution in [3.05, 3.63) is 23.8 Å². The molecule has 0 aromatic heterocycles. The minimum atomic E-state index is -0.875. The summed E-state index contributed by atoms with van der Waals surface area (Å²) in [5.41, 5.74) is 1.89. The van der Waals surface area contributed by atoms with E-state index in [4.69, 9.17) is 4.74 Å². The largest absolute Gasteiger partial charge is 0.434 e. The van der Waals surface area contributed by atoms with Gasteiger partial charge in [0.25, 0.3) is 5.91 Å². The third-order valence-electron chi connectivity index (χ3n) is 3.85. The van der Waals surface area contributed by atoms with Gasteiger partial charge in [0.2, 0.25) is 5.91 Å². The lowest BCUT2D eigenvalue weighted by Gasteiger charge is -2.23. The Morgan fingerprint density at radius 2 is 2.30 bits per heavy atom. The van der Waals surface area contributed by atoms with Crippen LogP contribution >= 0.6 is 0 Å². The summed E-state index contributed by atoms with van der Waals surface area (Å²) in [6, 6.07) is 4.48. The minimum Gasteiger partial charge on any atom is -0.434 e. The number of rotatable bonds is 4. The maximum atomic E-state index is 12.9. The zero-order valence-corrected chi connectivity index (χ0v) is 12.5. The molecule has 2 atom stereocenters. The van der Waals surface area contributed by atoms with Gasteiger partial charge in [-0.2, -0.15) is 0 Å². The third-order valence-corrected chi connectivity index (χ3v) is 3.85. The molecule has 3 rings (SSSR count). The number of carbonyl (C=O) groups is 3. The van der Waals surface area contributed by atoms with Crippen molar-refractivity contribution in [2.45, 2.75) is 25.5 Å². The van der Waals surface area contributed by atoms with Gasteiger partial charge >= 0.3 is 6.09 Å². The van der Waals surface area contributed by atoms with E-state index >= 15 is 0 Å². The molecular formula is C15H16FN3O4. The molecule has 2 N–H and O–H groups in total. The quantitative estimate of drug-likeness (QED) is 0.865. The van der Waals surface area contributed by atoms with Crippen LogP contribution in [0.2, 0.25) is 0 Å². The second-order valence-corrected chi connectivity index (χ2v) is 5.55. The third kappa shape index (κ3) is 2.84. The van der Waals surface area contributed by atoms with Crippen molar-refractivity contribution in [1.29, 1.82) is 0 Å². The van der Waals surface area contributed by atoms with Gasteiger partial charge in [-0.3, -0.25) is 9.59 Å². The van der Waals surface area contributed by atoms with Crippen LogP contribution in [0, 0.1) is 0 Å². The fourth-order valence-corrected chi connectivity index (χ4v) is 2.73. The summed E-state index contributed by atoms with van der Waals surface area (Å²) in [4.78, 5) is 36.4.